The van der Waals surface area contributed by atoms with Crippen molar-refractivity contribution < 1.29 is 14.3 Å². The van der Waals surface area contributed by atoms with Crippen molar-refractivity contribution in [1.82, 2.24) is 0 Å². The van der Waals surface area contributed by atoms with Crippen LogP contribution in [0.25, 0.3) is 0 Å². The Labute approximate surface area is 186 Å². The van der Waals surface area contributed by atoms with E-state index in [9.17, 15) is 4.79 Å². The SMILES string of the molecule is C=C1C(=O)O[C@@H]2C[C@@]1(C)OC[C@H]2[C@H]1CC[C@H]2[C@@H]3CCc4c(C)cccc4[C@H]3CC[C@]12C. The van der Waals surface area contributed by atoms with Crippen molar-refractivity contribution in [2.45, 2.75) is 83.3 Å². The molecule has 2 aliphatic heterocycles. The van der Waals surface area contributed by atoms with Gasteiger partial charge in [-0.3, -0.25) is 0 Å². The van der Waals surface area contributed by atoms with E-state index in [0.29, 0.717) is 29.4 Å². The highest BCUT2D eigenvalue weighted by molar-refractivity contribution is 5.91. The smallest absolute Gasteiger partial charge is 0.336 e. The molecule has 166 valence electrons. The van der Waals surface area contributed by atoms with Crippen LogP contribution in [0.2, 0.25) is 0 Å². The summed E-state index contributed by atoms with van der Waals surface area (Å²) in [6, 6.07) is 6.97. The van der Waals surface area contributed by atoms with Crippen molar-refractivity contribution in [3.8, 4) is 0 Å². The molecule has 2 bridgehead atoms. The summed E-state index contributed by atoms with van der Waals surface area (Å²) in [5, 5.41) is 0. The number of fused-ring (bicyclic) bond motifs is 7. The fourth-order valence-corrected chi connectivity index (χ4v) is 8.67. The van der Waals surface area contributed by atoms with Gasteiger partial charge in [-0.05, 0) is 98.1 Å². The molecule has 3 heteroatoms. The summed E-state index contributed by atoms with van der Waals surface area (Å²) in [6.45, 7) is 11.5. The molecule has 0 spiro atoms. The summed E-state index contributed by atoms with van der Waals surface area (Å²) in [6.07, 6.45) is 8.52. The lowest BCUT2D eigenvalue weighted by molar-refractivity contribution is -0.199. The van der Waals surface area contributed by atoms with E-state index < -0.39 is 5.60 Å². The topological polar surface area (TPSA) is 35.5 Å². The predicted molar refractivity (Wildman–Crippen MR) is 121 cm³/mol. The van der Waals surface area contributed by atoms with Crippen molar-refractivity contribution >= 4 is 5.97 Å². The van der Waals surface area contributed by atoms with Gasteiger partial charge in [-0.15, -0.1) is 0 Å². The van der Waals surface area contributed by atoms with Crippen molar-refractivity contribution in [2.75, 3.05) is 6.61 Å². The minimum Gasteiger partial charge on any atom is -0.458 e. The first-order valence-electron chi connectivity index (χ1n) is 12.4. The molecule has 2 saturated carbocycles. The molecule has 0 unspecified atom stereocenters. The summed E-state index contributed by atoms with van der Waals surface area (Å²) >= 11 is 0. The van der Waals surface area contributed by atoms with Crippen LogP contribution in [0.15, 0.2) is 30.4 Å². The number of hydrogen-bond acceptors (Lipinski definition) is 3. The number of aryl methyl sites for hydroxylation is 1. The molecule has 2 saturated heterocycles. The minimum absolute atomic E-state index is 0.00946. The zero-order chi connectivity index (χ0) is 21.5. The molecular formula is C28H36O3. The lowest BCUT2D eigenvalue weighted by Gasteiger charge is -2.55. The molecule has 0 amide bonds. The highest BCUT2D eigenvalue weighted by Gasteiger charge is 2.60. The summed E-state index contributed by atoms with van der Waals surface area (Å²) in [5.41, 5.74) is 5.07. The van der Waals surface area contributed by atoms with Crippen LogP contribution in [0, 0.1) is 36.0 Å². The van der Waals surface area contributed by atoms with Crippen molar-refractivity contribution in [1.29, 1.82) is 0 Å². The third-order valence-electron chi connectivity index (χ3n) is 10.4. The molecule has 5 aliphatic rings. The van der Waals surface area contributed by atoms with Crippen molar-refractivity contribution in [2.24, 2.45) is 29.1 Å². The Hall–Kier alpha value is -1.61. The van der Waals surface area contributed by atoms with E-state index in [1.807, 2.05) is 6.92 Å². The van der Waals surface area contributed by atoms with Gasteiger partial charge in [-0.2, -0.15) is 0 Å². The van der Waals surface area contributed by atoms with E-state index in [4.69, 9.17) is 9.47 Å². The zero-order valence-electron chi connectivity index (χ0n) is 19.3. The Bertz CT molecular complexity index is 950. The third kappa shape index (κ3) is 2.71. The molecule has 1 aromatic carbocycles. The Kier molecular flexibility index (Phi) is 4.33. The highest BCUT2D eigenvalue weighted by atomic mass is 16.6. The molecule has 3 nitrogen and oxygen atoms in total. The summed E-state index contributed by atoms with van der Waals surface area (Å²) < 4.78 is 12.3. The maximum atomic E-state index is 12.5. The van der Waals surface area contributed by atoms with Crippen LogP contribution >= 0.6 is 0 Å². The van der Waals surface area contributed by atoms with E-state index in [-0.39, 0.29) is 12.1 Å². The average Bonchev–Trinajstić information content (AvgIpc) is 3.10. The van der Waals surface area contributed by atoms with Gasteiger partial charge in [0.15, 0.2) is 0 Å². The summed E-state index contributed by atoms with van der Waals surface area (Å²) in [4.78, 5) is 12.5. The molecule has 1 aromatic rings. The van der Waals surface area contributed by atoms with Gasteiger partial charge in [-0.1, -0.05) is 31.7 Å². The number of benzene rings is 1. The van der Waals surface area contributed by atoms with E-state index in [1.165, 1.54) is 44.1 Å². The first kappa shape index (κ1) is 20.0. The second-order valence-electron chi connectivity index (χ2n) is 11.6. The second kappa shape index (κ2) is 6.70. The average molecular weight is 421 g/mol. The van der Waals surface area contributed by atoms with Gasteiger partial charge in [0.05, 0.1) is 12.2 Å². The van der Waals surface area contributed by atoms with Gasteiger partial charge in [0.2, 0.25) is 0 Å². The normalized spacial score (nSPS) is 46.0. The quantitative estimate of drug-likeness (QED) is 0.429. The lowest BCUT2D eigenvalue weighted by atomic mass is 9.52. The van der Waals surface area contributed by atoms with Gasteiger partial charge >= 0.3 is 5.97 Å². The van der Waals surface area contributed by atoms with E-state index >= 15 is 0 Å². The lowest BCUT2D eigenvalue weighted by Crippen LogP contribution is -2.57. The fourth-order valence-electron chi connectivity index (χ4n) is 8.67. The van der Waals surface area contributed by atoms with Crippen LogP contribution < -0.4 is 0 Å². The van der Waals surface area contributed by atoms with Crippen LogP contribution in [-0.4, -0.2) is 24.3 Å². The molecule has 8 atom stereocenters. The second-order valence-corrected chi connectivity index (χ2v) is 11.6. The number of ether oxygens (including phenoxy) is 2. The van der Waals surface area contributed by atoms with Crippen LogP contribution in [0.4, 0.5) is 0 Å². The third-order valence-corrected chi connectivity index (χ3v) is 10.4. The molecule has 0 aromatic heterocycles. The maximum absolute atomic E-state index is 12.5. The Morgan fingerprint density at radius 1 is 1.06 bits per heavy atom. The Balaban J connectivity index is 1.28. The van der Waals surface area contributed by atoms with Crippen LogP contribution in [0.3, 0.4) is 0 Å². The molecule has 6 rings (SSSR count). The number of esters is 1. The number of hydrogen-bond donors (Lipinski definition) is 0. The largest absolute Gasteiger partial charge is 0.458 e. The highest BCUT2D eigenvalue weighted by Crippen LogP contribution is 2.65. The van der Waals surface area contributed by atoms with Crippen molar-refractivity contribution in [3.63, 3.8) is 0 Å². The molecule has 2 heterocycles. The standard InChI is InChI=1S/C28H36O3/c1-16-6-5-7-19-18(16)8-9-21-20(19)12-13-27(3)23(21)10-11-24(27)22-15-30-28(4)14-25(22)31-26(29)17(28)2/h5-7,20-25H,2,8-15H2,1,3-4H3/t20-,21-,22+,23+,24-,25-,27+,28-/m1/s1. The van der Waals surface area contributed by atoms with Gasteiger partial charge in [0, 0.05) is 12.3 Å². The van der Waals surface area contributed by atoms with Crippen molar-refractivity contribution in [3.05, 3.63) is 47.0 Å². The molecule has 31 heavy (non-hydrogen) atoms. The van der Waals surface area contributed by atoms with Crippen LogP contribution in [0.5, 0.6) is 0 Å². The van der Waals surface area contributed by atoms with Gasteiger partial charge in [-0.25, -0.2) is 4.79 Å². The monoisotopic (exact) mass is 420 g/mol. The maximum Gasteiger partial charge on any atom is 0.336 e. The molecule has 0 radical (unpaired) electrons. The van der Waals surface area contributed by atoms with Gasteiger partial charge < -0.3 is 9.47 Å². The molecule has 0 N–H and O–H groups in total. The first-order chi connectivity index (χ1) is 14.8. The summed E-state index contributed by atoms with van der Waals surface area (Å²) in [5.74, 6) is 3.00. The number of rotatable bonds is 1. The van der Waals surface area contributed by atoms with E-state index in [1.54, 1.807) is 11.1 Å². The number of carbonyl (C=O) groups is 1. The van der Waals surface area contributed by atoms with Gasteiger partial charge in [0.1, 0.15) is 11.7 Å². The minimum atomic E-state index is -0.530. The fraction of sp³-hybridized carbons (Fsp3) is 0.679. The van der Waals surface area contributed by atoms with Gasteiger partial charge in [0.25, 0.3) is 0 Å². The van der Waals surface area contributed by atoms with Crippen LogP contribution in [0.1, 0.15) is 75.0 Å². The number of carbonyl (C=O) groups excluding carboxylic acids is 1. The van der Waals surface area contributed by atoms with E-state index in [0.717, 1.165) is 24.2 Å². The zero-order valence-corrected chi connectivity index (χ0v) is 19.3. The van der Waals surface area contributed by atoms with Crippen LogP contribution in [-0.2, 0) is 20.7 Å². The first-order valence-corrected chi connectivity index (χ1v) is 12.4. The molecule has 4 fully saturated rings. The Morgan fingerprint density at radius 2 is 1.84 bits per heavy atom. The summed E-state index contributed by atoms with van der Waals surface area (Å²) in [7, 11) is 0. The molecule has 3 aliphatic carbocycles. The Morgan fingerprint density at radius 3 is 2.65 bits per heavy atom. The molecular weight excluding hydrogens is 384 g/mol. The predicted octanol–water partition coefficient (Wildman–Crippen LogP) is 5.74. The van der Waals surface area contributed by atoms with E-state index in [2.05, 4.69) is 38.6 Å².